The molecule has 1 aromatic heterocycles. The zero-order valence-electron chi connectivity index (χ0n) is 15.7. The third kappa shape index (κ3) is 5.53. The molecular formula is C20H25N3O3S. The van der Waals surface area contributed by atoms with E-state index in [-0.39, 0.29) is 18.2 Å². The van der Waals surface area contributed by atoms with Crippen LogP contribution in [0.3, 0.4) is 0 Å². The number of carbonyl (C=O) groups excluding carboxylic acids is 2. The minimum Gasteiger partial charge on any atom is -0.451 e. The highest BCUT2D eigenvalue weighted by Crippen LogP contribution is 2.24. The Bertz CT molecular complexity index is 817. The van der Waals surface area contributed by atoms with Gasteiger partial charge in [-0.2, -0.15) is 0 Å². The molecule has 0 aliphatic heterocycles. The first-order valence-electron chi connectivity index (χ1n) is 9.29. The fourth-order valence-electron chi connectivity index (χ4n) is 2.97. The molecule has 7 heteroatoms. The molecule has 1 heterocycles. The molecule has 1 aliphatic carbocycles. The van der Waals surface area contributed by atoms with Crippen LogP contribution in [0.2, 0.25) is 0 Å². The number of fused-ring (bicyclic) bond motifs is 1. The zero-order chi connectivity index (χ0) is 19.2. The Balaban J connectivity index is 1.44. The average Bonchev–Trinajstić information content (AvgIpc) is 3.28. The number of aromatic nitrogens is 1. The molecule has 2 N–H and O–H groups in total. The number of nitrogens with zero attached hydrogens (tertiary/aromatic N) is 1. The molecule has 0 radical (unpaired) electrons. The number of ether oxygens (including phenoxy) is 1. The van der Waals surface area contributed by atoms with Crippen molar-refractivity contribution in [1.82, 2.24) is 4.98 Å². The zero-order valence-corrected chi connectivity index (χ0v) is 16.5. The van der Waals surface area contributed by atoms with Crippen molar-refractivity contribution < 1.29 is 14.3 Å². The number of carbonyl (C=O) groups is 2. The van der Waals surface area contributed by atoms with Crippen LogP contribution in [0.5, 0.6) is 0 Å². The van der Waals surface area contributed by atoms with E-state index in [0.717, 1.165) is 37.9 Å². The lowest BCUT2D eigenvalue weighted by molar-refractivity contribution is -0.119. The normalized spacial score (nSPS) is 12.7. The molecule has 27 heavy (non-hydrogen) atoms. The number of amides is 1. The summed E-state index contributed by atoms with van der Waals surface area (Å²) in [6.07, 6.45) is 4.34. The molecule has 1 aliphatic rings. The van der Waals surface area contributed by atoms with E-state index in [9.17, 15) is 9.59 Å². The fourth-order valence-corrected chi connectivity index (χ4v) is 3.68. The van der Waals surface area contributed by atoms with Gasteiger partial charge in [0, 0.05) is 17.6 Å². The summed E-state index contributed by atoms with van der Waals surface area (Å²) >= 11 is 1.35. The van der Waals surface area contributed by atoms with E-state index >= 15 is 0 Å². The topological polar surface area (TPSA) is 80.3 Å². The van der Waals surface area contributed by atoms with Gasteiger partial charge >= 0.3 is 5.97 Å². The monoisotopic (exact) mass is 387 g/mol. The Morgan fingerprint density at radius 1 is 1.26 bits per heavy atom. The second-order valence-corrected chi connectivity index (χ2v) is 7.97. The smallest absolute Gasteiger partial charge is 0.358 e. The van der Waals surface area contributed by atoms with Crippen LogP contribution in [-0.4, -0.2) is 30.0 Å². The number of esters is 1. The van der Waals surface area contributed by atoms with Crippen LogP contribution in [0.15, 0.2) is 23.6 Å². The van der Waals surface area contributed by atoms with Crippen molar-refractivity contribution in [3.05, 3.63) is 40.4 Å². The summed E-state index contributed by atoms with van der Waals surface area (Å²) in [5, 5.41) is 8.29. The van der Waals surface area contributed by atoms with Gasteiger partial charge in [0.1, 0.15) is 0 Å². The van der Waals surface area contributed by atoms with Gasteiger partial charge < -0.3 is 15.4 Å². The third-order valence-corrected chi connectivity index (χ3v) is 5.23. The van der Waals surface area contributed by atoms with Crippen molar-refractivity contribution >= 4 is 34.0 Å². The molecule has 0 unspecified atom stereocenters. The summed E-state index contributed by atoms with van der Waals surface area (Å²) in [4.78, 5) is 28.3. The number of hydrogen-bond acceptors (Lipinski definition) is 6. The van der Waals surface area contributed by atoms with Crippen LogP contribution in [0, 0.1) is 5.92 Å². The summed E-state index contributed by atoms with van der Waals surface area (Å²) in [5.41, 5.74) is 3.59. The van der Waals surface area contributed by atoms with Gasteiger partial charge in [-0.15, -0.1) is 11.3 Å². The van der Waals surface area contributed by atoms with Gasteiger partial charge in [-0.3, -0.25) is 4.79 Å². The van der Waals surface area contributed by atoms with E-state index in [4.69, 9.17) is 4.74 Å². The van der Waals surface area contributed by atoms with Crippen LogP contribution in [0.1, 0.15) is 48.3 Å². The van der Waals surface area contributed by atoms with Crippen LogP contribution in [0.25, 0.3) is 0 Å². The summed E-state index contributed by atoms with van der Waals surface area (Å²) < 4.78 is 5.08. The lowest BCUT2D eigenvalue weighted by atomic mass is 10.1. The van der Waals surface area contributed by atoms with Gasteiger partial charge in [0.05, 0.1) is 0 Å². The molecule has 0 bridgehead atoms. The molecule has 1 aromatic carbocycles. The van der Waals surface area contributed by atoms with E-state index in [1.54, 1.807) is 5.38 Å². The van der Waals surface area contributed by atoms with E-state index in [0.29, 0.717) is 11.0 Å². The molecule has 144 valence electrons. The van der Waals surface area contributed by atoms with Crippen LogP contribution >= 0.6 is 11.3 Å². The first-order valence-corrected chi connectivity index (χ1v) is 10.2. The number of rotatable bonds is 8. The number of nitrogens with one attached hydrogen (secondary N) is 2. The summed E-state index contributed by atoms with van der Waals surface area (Å²) in [7, 11) is 0. The summed E-state index contributed by atoms with van der Waals surface area (Å²) in [5.74, 6) is -0.342. The van der Waals surface area contributed by atoms with Gasteiger partial charge in [0.15, 0.2) is 17.4 Å². The van der Waals surface area contributed by atoms with Crippen molar-refractivity contribution in [3.8, 4) is 0 Å². The molecule has 6 nitrogen and oxygen atoms in total. The lowest BCUT2D eigenvalue weighted by Crippen LogP contribution is -2.21. The predicted molar refractivity (Wildman–Crippen MR) is 107 cm³/mol. The lowest BCUT2D eigenvalue weighted by Gasteiger charge is -2.08. The van der Waals surface area contributed by atoms with Crippen molar-refractivity contribution in [2.75, 3.05) is 23.8 Å². The Hall–Kier alpha value is -2.41. The van der Waals surface area contributed by atoms with Crippen LogP contribution in [-0.2, 0) is 22.4 Å². The summed E-state index contributed by atoms with van der Waals surface area (Å²) in [6, 6.07) is 5.93. The molecule has 0 saturated carbocycles. The van der Waals surface area contributed by atoms with Gasteiger partial charge in [-0.05, 0) is 54.9 Å². The second kappa shape index (κ2) is 8.99. The molecule has 0 atom stereocenters. The molecule has 0 fully saturated rings. The van der Waals surface area contributed by atoms with Crippen molar-refractivity contribution in [1.29, 1.82) is 0 Å². The molecule has 0 saturated heterocycles. The fraction of sp³-hybridized carbons (Fsp3) is 0.450. The standard InChI is InChI=1S/C20H25N3O3S/c1-13(2)8-9-21-20-23-17(12-27-20)19(25)26-11-18(24)22-16-7-6-14-4-3-5-15(14)10-16/h6-7,10,12-13H,3-5,8-9,11H2,1-2H3,(H,21,23)(H,22,24). The number of benzene rings is 1. The minimum atomic E-state index is -0.590. The van der Waals surface area contributed by atoms with E-state index in [2.05, 4.69) is 29.5 Å². The highest BCUT2D eigenvalue weighted by Gasteiger charge is 2.15. The van der Waals surface area contributed by atoms with Crippen LogP contribution < -0.4 is 10.6 Å². The molecular weight excluding hydrogens is 362 g/mol. The van der Waals surface area contributed by atoms with Crippen molar-refractivity contribution in [2.24, 2.45) is 5.92 Å². The number of anilines is 2. The largest absolute Gasteiger partial charge is 0.451 e. The maximum Gasteiger partial charge on any atom is 0.358 e. The van der Waals surface area contributed by atoms with Crippen LogP contribution in [0.4, 0.5) is 10.8 Å². The van der Waals surface area contributed by atoms with Gasteiger partial charge in [0.25, 0.3) is 5.91 Å². The molecule has 0 spiro atoms. The Morgan fingerprint density at radius 2 is 2.07 bits per heavy atom. The highest BCUT2D eigenvalue weighted by molar-refractivity contribution is 7.13. The minimum absolute atomic E-state index is 0.220. The predicted octanol–water partition coefficient (Wildman–Crippen LogP) is 3.89. The van der Waals surface area contributed by atoms with E-state index in [1.165, 1.54) is 22.5 Å². The Kier molecular flexibility index (Phi) is 6.45. The third-order valence-electron chi connectivity index (χ3n) is 4.43. The maximum absolute atomic E-state index is 12.1. The van der Waals surface area contributed by atoms with Crippen molar-refractivity contribution in [3.63, 3.8) is 0 Å². The maximum atomic E-state index is 12.1. The Labute approximate surface area is 163 Å². The first kappa shape index (κ1) is 19.4. The SMILES string of the molecule is CC(C)CCNc1nc(C(=O)OCC(=O)Nc2ccc3c(c2)CCC3)cs1. The molecule has 3 rings (SSSR count). The van der Waals surface area contributed by atoms with Crippen molar-refractivity contribution in [2.45, 2.75) is 39.5 Å². The van der Waals surface area contributed by atoms with Gasteiger partial charge in [0.2, 0.25) is 0 Å². The number of thiazole rings is 1. The second-order valence-electron chi connectivity index (χ2n) is 7.11. The van der Waals surface area contributed by atoms with Gasteiger partial charge in [-0.1, -0.05) is 19.9 Å². The van der Waals surface area contributed by atoms with Gasteiger partial charge in [-0.25, -0.2) is 9.78 Å². The highest BCUT2D eigenvalue weighted by atomic mass is 32.1. The summed E-state index contributed by atoms with van der Waals surface area (Å²) in [6.45, 7) is 4.78. The molecule has 1 amide bonds. The quantitative estimate of drug-likeness (QED) is 0.672. The van der Waals surface area contributed by atoms with E-state index in [1.807, 2.05) is 18.2 Å². The molecule has 2 aromatic rings. The number of hydrogen-bond donors (Lipinski definition) is 2. The average molecular weight is 388 g/mol. The number of aryl methyl sites for hydroxylation is 2. The first-order chi connectivity index (χ1) is 13.0. The van der Waals surface area contributed by atoms with E-state index < -0.39 is 5.97 Å². The Morgan fingerprint density at radius 3 is 2.89 bits per heavy atom.